The van der Waals surface area contributed by atoms with Gasteiger partial charge in [0.05, 0.1) is 5.41 Å². The fourth-order valence-electron chi connectivity index (χ4n) is 1.57. The molecule has 0 saturated carbocycles. The second-order valence-electron chi connectivity index (χ2n) is 4.96. The largest absolute Gasteiger partial charge is 0.454 e. The molecule has 0 saturated heterocycles. The third-order valence-corrected chi connectivity index (χ3v) is 3.02. The summed E-state index contributed by atoms with van der Waals surface area (Å²) in [5.41, 5.74) is 5.98. The van der Waals surface area contributed by atoms with Gasteiger partial charge in [0.2, 0.25) is 12.7 Å². The van der Waals surface area contributed by atoms with Gasteiger partial charge in [0.15, 0.2) is 11.5 Å². The van der Waals surface area contributed by atoms with E-state index in [2.05, 4.69) is 5.32 Å². The van der Waals surface area contributed by atoms with Gasteiger partial charge in [-0.3, -0.25) is 4.79 Å². The number of carbonyl (C=O) groups is 1. The minimum Gasteiger partial charge on any atom is -0.454 e. The Balaban J connectivity index is 0.00000180. The Kier molecular flexibility index (Phi) is 5.03. The minimum atomic E-state index is -0.545. The molecule has 1 heterocycles. The molecular weight excluding hydrogens is 268 g/mol. The summed E-state index contributed by atoms with van der Waals surface area (Å²) in [5, 5.41) is 2.87. The molecule has 5 nitrogen and oxygen atoms in total. The third-order valence-electron chi connectivity index (χ3n) is 3.02. The van der Waals surface area contributed by atoms with E-state index in [0.717, 1.165) is 17.1 Å². The van der Waals surface area contributed by atoms with Gasteiger partial charge in [-0.25, -0.2) is 0 Å². The SMILES string of the molecule is CC(C)(CN)C(=O)NCc1ccc2c(c1)OCO2.Cl. The average molecular weight is 287 g/mol. The van der Waals surface area contributed by atoms with Crippen LogP contribution in [0.1, 0.15) is 19.4 Å². The quantitative estimate of drug-likeness (QED) is 0.878. The van der Waals surface area contributed by atoms with Crippen molar-refractivity contribution < 1.29 is 14.3 Å². The molecule has 0 fully saturated rings. The Morgan fingerprint density at radius 1 is 1.37 bits per heavy atom. The number of carbonyl (C=O) groups excluding carboxylic acids is 1. The predicted octanol–water partition coefficient (Wildman–Crippen LogP) is 1.44. The maximum atomic E-state index is 11.9. The highest BCUT2D eigenvalue weighted by Crippen LogP contribution is 2.32. The second-order valence-corrected chi connectivity index (χ2v) is 4.96. The van der Waals surface area contributed by atoms with Crippen molar-refractivity contribution in [1.82, 2.24) is 5.32 Å². The van der Waals surface area contributed by atoms with Crippen LogP contribution in [0.25, 0.3) is 0 Å². The van der Waals surface area contributed by atoms with E-state index in [9.17, 15) is 4.79 Å². The molecule has 0 atom stereocenters. The first-order valence-corrected chi connectivity index (χ1v) is 5.90. The number of nitrogens with two attached hydrogens (primary N) is 1. The second kappa shape index (κ2) is 6.12. The number of hydrogen-bond donors (Lipinski definition) is 2. The molecule has 0 radical (unpaired) electrons. The van der Waals surface area contributed by atoms with Gasteiger partial charge in [-0.1, -0.05) is 6.07 Å². The molecule has 1 aliphatic heterocycles. The van der Waals surface area contributed by atoms with E-state index < -0.39 is 5.41 Å². The molecule has 0 aromatic heterocycles. The normalized spacial score (nSPS) is 12.8. The Bertz CT molecular complexity index is 463. The first-order chi connectivity index (χ1) is 8.53. The molecule has 1 aromatic carbocycles. The first kappa shape index (κ1) is 15.6. The minimum absolute atomic E-state index is 0. The predicted molar refractivity (Wildman–Crippen MR) is 74.5 cm³/mol. The summed E-state index contributed by atoms with van der Waals surface area (Å²) in [7, 11) is 0. The monoisotopic (exact) mass is 286 g/mol. The number of ether oxygens (including phenoxy) is 2. The molecule has 0 unspecified atom stereocenters. The van der Waals surface area contributed by atoms with Crippen LogP contribution >= 0.6 is 12.4 Å². The zero-order chi connectivity index (χ0) is 13.2. The number of nitrogens with one attached hydrogen (secondary N) is 1. The van der Waals surface area contributed by atoms with E-state index in [1.807, 2.05) is 32.0 Å². The van der Waals surface area contributed by atoms with Crippen LogP contribution in [-0.4, -0.2) is 19.2 Å². The molecule has 1 aromatic rings. The van der Waals surface area contributed by atoms with Crippen LogP contribution in [-0.2, 0) is 11.3 Å². The summed E-state index contributed by atoms with van der Waals surface area (Å²) in [5.74, 6) is 1.41. The molecule has 0 spiro atoms. The van der Waals surface area contributed by atoms with Crippen molar-refractivity contribution in [3.8, 4) is 11.5 Å². The van der Waals surface area contributed by atoms with Gasteiger partial charge in [0.1, 0.15) is 0 Å². The zero-order valence-electron chi connectivity index (χ0n) is 11.1. The third kappa shape index (κ3) is 3.52. The lowest BCUT2D eigenvalue weighted by molar-refractivity contribution is -0.129. The van der Waals surface area contributed by atoms with Crippen LogP contribution in [0.5, 0.6) is 11.5 Å². The summed E-state index contributed by atoms with van der Waals surface area (Å²) in [4.78, 5) is 11.9. The van der Waals surface area contributed by atoms with Crippen LogP contribution in [0.4, 0.5) is 0 Å². The fourth-order valence-corrected chi connectivity index (χ4v) is 1.57. The number of hydrogen-bond acceptors (Lipinski definition) is 4. The number of fused-ring (bicyclic) bond motifs is 1. The number of halogens is 1. The highest BCUT2D eigenvalue weighted by molar-refractivity contribution is 5.85. The maximum Gasteiger partial charge on any atom is 0.231 e. The van der Waals surface area contributed by atoms with E-state index in [4.69, 9.17) is 15.2 Å². The fraction of sp³-hybridized carbons (Fsp3) is 0.462. The Morgan fingerprint density at radius 2 is 2.05 bits per heavy atom. The summed E-state index contributed by atoms with van der Waals surface area (Å²) < 4.78 is 10.5. The maximum absolute atomic E-state index is 11.9. The molecular formula is C13H19ClN2O3. The highest BCUT2D eigenvalue weighted by Gasteiger charge is 2.25. The van der Waals surface area contributed by atoms with Gasteiger partial charge in [0, 0.05) is 13.1 Å². The van der Waals surface area contributed by atoms with Crippen molar-refractivity contribution in [2.75, 3.05) is 13.3 Å². The molecule has 0 aliphatic carbocycles. The summed E-state index contributed by atoms with van der Waals surface area (Å²) >= 11 is 0. The van der Waals surface area contributed by atoms with E-state index >= 15 is 0 Å². The summed E-state index contributed by atoms with van der Waals surface area (Å²) in [6.45, 7) is 4.67. The van der Waals surface area contributed by atoms with Crippen LogP contribution in [0.15, 0.2) is 18.2 Å². The van der Waals surface area contributed by atoms with Crippen molar-refractivity contribution in [1.29, 1.82) is 0 Å². The van der Waals surface area contributed by atoms with Crippen molar-refractivity contribution in [3.63, 3.8) is 0 Å². The lowest BCUT2D eigenvalue weighted by Crippen LogP contribution is -2.41. The van der Waals surface area contributed by atoms with E-state index in [-0.39, 0.29) is 25.1 Å². The zero-order valence-corrected chi connectivity index (χ0v) is 11.9. The molecule has 3 N–H and O–H groups in total. The van der Waals surface area contributed by atoms with E-state index in [1.54, 1.807) is 0 Å². The summed E-state index contributed by atoms with van der Waals surface area (Å²) in [6, 6.07) is 5.62. The van der Waals surface area contributed by atoms with Gasteiger partial charge < -0.3 is 20.5 Å². The van der Waals surface area contributed by atoms with Crippen molar-refractivity contribution in [2.45, 2.75) is 20.4 Å². The van der Waals surface area contributed by atoms with Crippen LogP contribution < -0.4 is 20.5 Å². The smallest absolute Gasteiger partial charge is 0.231 e. The van der Waals surface area contributed by atoms with Gasteiger partial charge in [-0.05, 0) is 31.5 Å². The highest BCUT2D eigenvalue weighted by atomic mass is 35.5. The van der Waals surface area contributed by atoms with Crippen molar-refractivity contribution in [3.05, 3.63) is 23.8 Å². The van der Waals surface area contributed by atoms with Crippen molar-refractivity contribution in [2.24, 2.45) is 11.1 Å². The molecule has 2 rings (SSSR count). The van der Waals surface area contributed by atoms with Gasteiger partial charge in [-0.15, -0.1) is 12.4 Å². The Hall–Kier alpha value is -1.46. The van der Waals surface area contributed by atoms with Gasteiger partial charge in [-0.2, -0.15) is 0 Å². The van der Waals surface area contributed by atoms with Gasteiger partial charge in [0.25, 0.3) is 0 Å². The van der Waals surface area contributed by atoms with E-state index in [1.165, 1.54) is 0 Å². The average Bonchev–Trinajstić information content (AvgIpc) is 2.83. The number of amides is 1. The Labute approximate surface area is 118 Å². The van der Waals surface area contributed by atoms with E-state index in [0.29, 0.717) is 13.1 Å². The van der Waals surface area contributed by atoms with Crippen molar-refractivity contribution >= 4 is 18.3 Å². The molecule has 106 valence electrons. The molecule has 19 heavy (non-hydrogen) atoms. The Morgan fingerprint density at radius 3 is 2.74 bits per heavy atom. The molecule has 6 heteroatoms. The molecule has 1 amide bonds. The number of rotatable bonds is 4. The number of benzene rings is 1. The molecule has 1 aliphatic rings. The van der Waals surface area contributed by atoms with Crippen LogP contribution in [0, 0.1) is 5.41 Å². The van der Waals surface area contributed by atoms with Crippen LogP contribution in [0.2, 0.25) is 0 Å². The lowest BCUT2D eigenvalue weighted by atomic mass is 9.92. The first-order valence-electron chi connectivity index (χ1n) is 5.90. The summed E-state index contributed by atoms with van der Waals surface area (Å²) in [6.07, 6.45) is 0. The lowest BCUT2D eigenvalue weighted by Gasteiger charge is -2.21. The molecule has 0 bridgehead atoms. The standard InChI is InChI=1S/C13H18N2O3.ClH/c1-13(2,7-14)12(16)15-6-9-3-4-10-11(5-9)18-8-17-10;/h3-5H,6-8,14H2,1-2H3,(H,15,16);1H. The topological polar surface area (TPSA) is 73.6 Å². The van der Waals surface area contributed by atoms with Crippen LogP contribution in [0.3, 0.4) is 0 Å². The van der Waals surface area contributed by atoms with Gasteiger partial charge >= 0.3 is 0 Å².